The van der Waals surface area contributed by atoms with E-state index in [1.807, 2.05) is 11.8 Å². The van der Waals surface area contributed by atoms with Crippen LogP contribution >= 0.6 is 0 Å². The van der Waals surface area contributed by atoms with Crippen LogP contribution in [0.5, 0.6) is 5.75 Å². The number of benzene rings is 1. The lowest BCUT2D eigenvalue weighted by atomic mass is 10.1. The van der Waals surface area contributed by atoms with Gasteiger partial charge in [-0.2, -0.15) is 0 Å². The van der Waals surface area contributed by atoms with E-state index in [0.29, 0.717) is 30.0 Å². The van der Waals surface area contributed by atoms with E-state index in [9.17, 15) is 27.5 Å². The predicted molar refractivity (Wildman–Crippen MR) is 116 cm³/mol. The van der Waals surface area contributed by atoms with Crippen molar-refractivity contribution in [3.05, 3.63) is 66.4 Å². The Hall–Kier alpha value is -3.73. The number of hydrogen-bond acceptors (Lipinski definition) is 6. The summed E-state index contributed by atoms with van der Waals surface area (Å²) in [6, 6.07) is 7.49. The van der Waals surface area contributed by atoms with Crippen molar-refractivity contribution in [2.45, 2.75) is 19.4 Å². The van der Waals surface area contributed by atoms with Crippen LogP contribution in [0, 0.1) is 11.7 Å². The Morgan fingerprint density at radius 1 is 1.15 bits per heavy atom. The Labute approximate surface area is 192 Å². The number of carbonyl (C=O) groups excluding carboxylic acids is 1. The molecule has 178 valence electrons. The average molecular weight is 476 g/mol. The largest absolute Gasteiger partial charge is 0.573 e. The topological polar surface area (TPSA) is 87.6 Å². The molecule has 1 aliphatic heterocycles. The summed E-state index contributed by atoms with van der Waals surface area (Å²) in [6.45, 7) is 2.77. The summed E-state index contributed by atoms with van der Waals surface area (Å²) < 4.78 is 54.6. The minimum Gasteiger partial charge on any atom is -0.406 e. The molecule has 0 aliphatic carbocycles. The van der Waals surface area contributed by atoms with Gasteiger partial charge in [-0.05, 0) is 36.4 Å². The second-order valence-corrected chi connectivity index (χ2v) is 7.96. The van der Waals surface area contributed by atoms with E-state index in [1.165, 1.54) is 36.7 Å². The minimum absolute atomic E-state index is 0.00700. The van der Waals surface area contributed by atoms with Crippen molar-refractivity contribution in [2.24, 2.45) is 5.92 Å². The summed E-state index contributed by atoms with van der Waals surface area (Å²) in [5, 5.41) is 12.7. The molecule has 4 rings (SSSR count). The highest BCUT2D eigenvalue weighted by Crippen LogP contribution is 2.33. The molecule has 7 nitrogen and oxygen atoms in total. The molecule has 0 saturated carbocycles. The zero-order valence-electron chi connectivity index (χ0n) is 17.9. The van der Waals surface area contributed by atoms with Gasteiger partial charge < -0.3 is 20.1 Å². The van der Waals surface area contributed by atoms with E-state index >= 15 is 0 Å². The van der Waals surface area contributed by atoms with Crippen molar-refractivity contribution >= 4 is 17.4 Å². The predicted octanol–water partition coefficient (Wildman–Crippen LogP) is 4.25. The quantitative estimate of drug-likeness (QED) is 0.536. The van der Waals surface area contributed by atoms with Gasteiger partial charge in [-0.1, -0.05) is 6.92 Å². The molecular weight excluding hydrogens is 456 g/mol. The van der Waals surface area contributed by atoms with Crippen molar-refractivity contribution in [2.75, 3.05) is 23.3 Å². The molecule has 0 spiro atoms. The molecular formula is C23H20F4N4O3. The maximum absolute atomic E-state index is 13.9. The maximum atomic E-state index is 13.9. The molecule has 0 bridgehead atoms. The second kappa shape index (κ2) is 9.26. The van der Waals surface area contributed by atoms with Gasteiger partial charge in [0.2, 0.25) is 0 Å². The lowest BCUT2D eigenvalue weighted by molar-refractivity contribution is -0.274. The number of halogens is 4. The number of anilines is 2. The van der Waals surface area contributed by atoms with Gasteiger partial charge in [-0.15, -0.1) is 13.2 Å². The fraction of sp³-hybridized carbons (Fsp3) is 0.261. The molecule has 0 radical (unpaired) electrons. The van der Waals surface area contributed by atoms with Gasteiger partial charge in [0.05, 0.1) is 17.9 Å². The summed E-state index contributed by atoms with van der Waals surface area (Å²) in [7, 11) is 0. The number of aliphatic hydroxyl groups excluding tert-OH is 1. The summed E-state index contributed by atoms with van der Waals surface area (Å²) in [5.41, 5.74) is 1.25. The Kier molecular flexibility index (Phi) is 6.38. The van der Waals surface area contributed by atoms with Crippen molar-refractivity contribution in [3.8, 4) is 16.9 Å². The van der Waals surface area contributed by atoms with Crippen LogP contribution in [0.4, 0.5) is 29.1 Å². The third-order valence-electron chi connectivity index (χ3n) is 5.36. The second-order valence-electron chi connectivity index (χ2n) is 7.96. The number of β-amino-alcohol motifs (C(OH)–C–C–N with tert-alkyl or cyclic N) is 1. The number of alkyl halides is 3. The molecule has 1 amide bonds. The summed E-state index contributed by atoms with van der Waals surface area (Å²) in [6.07, 6.45) is -1.52. The first-order valence-electron chi connectivity index (χ1n) is 10.3. The highest BCUT2D eigenvalue weighted by atomic mass is 19.4. The summed E-state index contributed by atoms with van der Waals surface area (Å²) >= 11 is 0. The number of aromatic nitrogens is 2. The van der Waals surface area contributed by atoms with Crippen molar-refractivity contribution < 1.29 is 32.2 Å². The number of rotatable bonds is 5. The first-order chi connectivity index (χ1) is 16.1. The zero-order valence-corrected chi connectivity index (χ0v) is 17.9. The van der Waals surface area contributed by atoms with Crippen LogP contribution in [0.3, 0.4) is 0 Å². The zero-order chi connectivity index (χ0) is 24.5. The molecule has 1 aromatic carbocycles. The van der Waals surface area contributed by atoms with Crippen molar-refractivity contribution in [1.82, 2.24) is 9.97 Å². The maximum Gasteiger partial charge on any atom is 0.573 e. The van der Waals surface area contributed by atoms with Crippen LogP contribution in [-0.2, 0) is 0 Å². The number of ether oxygens (including phenoxy) is 1. The molecule has 2 aromatic heterocycles. The first kappa shape index (κ1) is 23.4. The number of amides is 1. The van der Waals surface area contributed by atoms with Crippen LogP contribution in [0.2, 0.25) is 0 Å². The first-order valence-corrected chi connectivity index (χ1v) is 10.3. The molecule has 11 heteroatoms. The number of nitrogens with zero attached hydrogens (tertiary/aromatic N) is 3. The SMILES string of the molecule is C[C@@H]1CN(c2ncc(C(=O)Nc3ccc(OC(F)(F)F)cc3)cc2-c2cncc(F)c2)C[C@@H]1O. The Morgan fingerprint density at radius 2 is 1.88 bits per heavy atom. The Bertz CT molecular complexity index is 1180. The average Bonchev–Trinajstić information content (AvgIpc) is 3.12. The molecule has 3 aromatic rings. The van der Waals surface area contributed by atoms with Crippen molar-refractivity contribution in [3.63, 3.8) is 0 Å². The third kappa shape index (κ3) is 5.42. The highest BCUT2D eigenvalue weighted by molar-refractivity contribution is 6.05. The molecule has 2 atom stereocenters. The highest BCUT2D eigenvalue weighted by Gasteiger charge is 2.31. The molecule has 0 unspecified atom stereocenters. The van der Waals surface area contributed by atoms with Gasteiger partial charge in [0.15, 0.2) is 0 Å². The smallest absolute Gasteiger partial charge is 0.406 e. The van der Waals surface area contributed by atoms with E-state index in [4.69, 9.17) is 0 Å². The van der Waals surface area contributed by atoms with E-state index < -0.39 is 29.9 Å². The minimum atomic E-state index is -4.82. The number of aliphatic hydroxyl groups is 1. The van der Waals surface area contributed by atoms with Crippen LogP contribution in [0.25, 0.3) is 11.1 Å². The molecule has 1 saturated heterocycles. The van der Waals surface area contributed by atoms with Gasteiger partial charge in [0.25, 0.3) is 5.91 Å². The normalized spacial score (nSPS) is 18.1. The molecule has 1 aliphatic rings. The fourth-order valence-electron chi connectivity index (χ4n) is 3.67. The van der Waals surface area contributed by atoms with E-state index in [2.05, 4.69) is 20.0 Å². The van der Waals surface area contributed by atoms with Crippen LogP contribution in [-0.4, -0.2) is 46.5 Å². The van der Waals surface area contributed by atoms with Crippen LogP contribution in [0.1, 0.15) is 17.3 Å². The monoisotopic (exact) mass is 476 g/mol. The van der Waals surface area contributed by atoms with Gasteiger partial charge in [-0.3, -0.25) is 9.78 Å². The summed E-state index contributed by atoms with van der Waals surface area (Å²) in [5.74, 6) is -1.06. The number of carbonyl (C=O) groups is 1. The molecule has 2 N–H and O–H groups in total. The molecule has 1 fully saturated rings. The standard InChI is InChI=1S/C23H20F4N4O3/c1-13-11-31(12-20(13)32)21-19(14-6-16(24)10-28-8-14)7-15(9-29-21)22(33)30-17-2-4-18(5-3-17)34-23(25,26)27/h2-10,13,20,32H,11-12H2,1H3,(H,30,33)/t13-,20+/m1/s1. The Morgan fingerprint density at radius 3 is 2.50 bits per heavy atom. The Balaban J connectivity index is 1.61. The van der Waals surface area contributed by atoms with Crippen molar-refractivity contribution in [1.29, 1.82) is 0 Å². The van der Waals surface area contributed by atoms with E-state index in [-0.39, 0.29) is 17.2 Å². The van der Waals surface area contributed by atoms with E-state index in [0.717, 1.165) is 18.3 Å². The number of nitrogens with one attached hydrogen (secondary N) is 1. The fourth-order valence-corrected chi connectivity index (χ4v) is 3.67. The van der Waals surface area contributed by atoms with Gasteiger partial charge in [0.1, 0.15) is 17.4 Å². The van der Waals surface area contributed by atoms with Crippen LogP contribution < -0.4 is 15.0 Å². The van der Waals surface area contributed by atoms with Crippen LogP contribution in [0.15, 0.2) is 55.0 Å². The molecule has 34 heavy (non-hydrogen) atoms. The number of pyridine rings is 2. The third-order valence-corrected chi connectivity index (χ3v) is 5.36. The van der Waals surface area contributed by atoms with Gasteiger partial charge >= 0.3 is 6.36 Å². The van der Waals surface area contributed by atoms with E-state index in [1.54, 1.807) is 0 Å². The lowest BCUT2D eigenvalue weighted by Gasteiger charge is -2.21. The number of hydrogen-bond donors (Lipinski definition) is 2. The lowest BCUT2D eigenvalue weighted by Crippen LogP contribution is -2.23. The van der Waals surface area contributed by atoms with Gasteiger partial charge in [-0.25, -0.2) is 9.37 Å². The summed E-state index contributed by atoms with van der Waals surface area (Å²) in [4.78, 5) is 22.9. The van der Waals surface area contributed by atoms with Gasteiger partial charge in [0, 0.05) is 48.2 Å². The molecule has 3 heterocycles.